The molecule has 0 radical (unpaired) electrons. The summed E-state index contributed by atoms with van der Waals surface area (Å²) in [6, 6.07) is 6.05. The summed E-state index contributed by atoms with van der Waals surface area (Å²) in [6.07, 6.45) is -1.04. The SMILES string of the molecule is COC(CNC(=O)CSCc1ccc(F)cc1)C(=O)O. The first kappa shape index (κ1) is 16.5. The van der Waals surface area contributed by atoms with E-state index in [9.17, 15) is 14.0 Å². The molecule has 0 spiro atoms. The number of methoxy groups -OCH3 is 1. The molecule has 0 aliphatic rings. The number of hydrogen-bond donors (Lipinski definition) is 2. The zero-order chi connectivity index (χ0) is 15.0. The van der Waals surface area contributed by atoms with Crippen molar-refractivity contribution >= 4 is 23.6 Å². The van der Waals surface area contributed by atoms with E-state index in [0.717, 1.165) is 5.56 Å². The molecule has 1 amide bonds. The van der Waals surface area contributed by atoms with Gasteiger partial charge in [-0.05, 0) is 17.7 Å². The molecule has 0 saturated carbocycles. The molecule has 1 aromatic carbocycles. The van der Waals surface area contributed by atoms with Crippen LogP contribution in [0.25, 0.3) is 0 Å². The van der Waals surface area contributed by atoms with Crippen molar-refractivity contribution < 1.29 is 23.8 Å². The minimum absolute atomic E-state index is 0.0677. The van der Waals surface area contributed by atoms with Crippen LogP contribution in [0.3, 0.4) is 0 Å². The van der Waals surface area contributed by atoms with Gasteiger partial charge in [0.05, 0.1) is 12.3 Å². The van der Waals surface area contributed by atoms with Crippen LogP contribution in [0.1, 0.15) is 5.56 Å². The summed E-state index contributed by atoms with van der Waals surface area (Å²) >= 11 is 1.37. The molecule has 1 unspecified atom stereocenters. The van der Waals surface area contributed by atoms with Gasteiger partial charge in [-0.3, -0.25) is 4.79 Å². The van der Waals surface area contributed by atoms with E-state index in [0.29, 0.717) is 5.75 Å². The number of halogens is 1. The van der Waals surface area contributed by atoms with Crippen LogP contribution >= 0.6 is 11.8 Å². The lowest BCUT2D eigenvalue weighted by Gasteiger charge is -2.11. The predicted molar refractivity (Wildman–Crippen MR) is 74.0 cm³/mol. The first-order valence-corrected chi connectivity index (χ1v) is 7.03. The maximum absolute atomic E-state index is 12.7. The summed E-state index contributed by atoms with van der Waals surface area (Å²) in [5, 5.41) is 11.2. The normalized spacial score (nSPS) is 11.9. The van der Waals surface area contributed by atoms with Crippen LogP contribution in [-0.2, 0) is 20.1 Å². The fourth-order valence-corrected chi connectivity index (χ4v) is 2.19. The minimum Gasteiger partial charge on any atom is -0.479 e. The maximum Gasteiger partial charge on any atom is 0.334 e. The highest BCUT2D eigenvalue weighted by atomic mass is 32.2. The lowest BCUT2D eigenvalue weighted by atomic mass is 10.2. The molecular formula is C13H16FNO4S. The fourth-order valence-electron chi connectivity index (χ4n) is 1.37. The zero-order valence-electron chi connectivity index (χ0n) is 11.0. The number of ether oxygens (including phenoxy) is 1. The van der Waals surface area contributed by atoms with Crippen molar-refractivity contribution in [2.75, 3.05) is 19.4 Å². The molecule has 0 aliphatic heterocycles. The highest BCUT2D eigenvalue weighted by Gasteiger charge is 2.16. The average molecular weight is 301 g/mol. The molecule has 110 valence electrons. The third-order valence-electron chi connectivity index (χ3n) is 2.46. The van der Waals surface area contributed by atoms with Gasteiger partial charge in [-0.1, -0.05) is 12.1 Å². The number of benzene rings is 1. The summed E-state index contributed by atoms with van der Waals surface area (Å²) in [7, 11) is 1.27. The predicted octanol–water partition coefficient (Wildman–Crippen LogP) is 1.27. The van der Waals surface area contributed by atoms with Gasteiger partial charge in [0.25, 0.3) is 0 Å². The molecule has 0 bridgehead atoms. The fraction of sp³-hybridized carbons (Fsp3) is 0.385. The van der Waals surface area contributed by atoms with Crippen molar-refractivity contribution in [3.63, 3.8) is 0 Å². The van der Waals surface area contributed by atoms with Crippen LogP contribution < -0.4 is 5.32 Å². The van der Waals surface area contributed by atoms with Crippen LogP contribution in [-0.4, -0.2) is 42.5 Å². The van der Waals surface area contributed by atoms with Gasteiger partial charge in [-0.2, -0.15) is 0 Å². The lowest BCUT2D eigenvalue weighted by molar-refractivity contribution is -0.148. The van der Waals surface area contributed by atoms with Gasteiger partial charge in [-0.15, -0.1) is 11.8 Å². The second-order valence-corrected chi connectivity index (χ2v) is 4.97. The molecule has 1 rings (SSSR count). The first-order valence-electron chi connectivity index (χ1n) is 5.87. The smallest absolute Gasteiger partial charge is 0.334 e. The topological polar surface area (TPSA) is 75.6 Å². The van der Waals surface area contributed by atoms with Crippen LogP contribution in [0, 0.1) is 5.82 Å². The Morgan fingerprint density at radius 2 is 2.05 bits per heavy atom. The Morgan fingerprint density at radius 3 is 2.60 bits per heavy atom. The third kappa shape index (κ3) is 6.03. The van der Waals surface area contributed by atoms with Gasteiger partial charge in [0.15, 0.2) is 6.10 Å². The van der Waals surface area contributed by atoms with Gasteiger partial charge in [0, 0.05) is 12.9 Å². The van der Waals surface area contributed by atoms with Crippen molar-refractivity contribution in [1.29, 1.82) is 0 Å². The Morgan fingerprint density at radius 1 is 1.40 bits per heavy atom. The molecule has 0 aromatic heterocycles. The van der Waals surface area contributed by atoms with E-state index in [2.05, 4.69) is 5.32 Å². The van der Waals surface area contributed by atoms with E-state index in [-0.39, 0.29) is 24.0 Å². The molecule has 7 heteroatoms. The number of amides is 1. The second-order valence-electron chi connectivity index (χ2n) is 3.99. The standard InChI is InChI=1S/C13H16FNO4S/c1-19-11(13(17)18)6-15-12(16)8-20-7-9-2-4-10(14)5-3-9/h2-5,11H,6-8H2,1H3,(H,15,16)(H,17,18). The van der Waals surface area contributed by atoms with Crippen molar-refractivity contribution in [2.45, 2.75) is 11.9 Å². The molecule has 2 N–H and O–H groups in total. The van der Waals surface area contributed by atoms with Gasteiger partial charge >= 0.3 is 5.97 Å². The van der Waals surface area contributed by atoms with Crippen LogP contribution in [0.15, 0.2) is 24.3 Å². The number of rotatable bonds is 8. The summed E-state index contributed by atoms with van der Waals surface area (Å²) in [6.45, 7) is -0.0677. The van der Waals surface area contributed by atoms with Gasteiger partial charge < -0.3 is 15.2 Å². The Labute approximate surface area is 120 Å². The highest BCUT2D eigenvalue weighted by Crippen LogP contribution is 2.12. The van der Waals surface area contributed by atoms with Crippen LogP contribution in [0.4, 0.5) is 4.39 Å². The molecule has 0 heterocycles. The number of aliphatic carboxylic acids is 1. The number of nitrogens with one attached hydrogen (secondary N) is 1. The van der Waals surface area contributed by atoms with Crippen molar-refractivity contribution in [2.24, 2.45) is 0 Å². The minimum atomic E-state index is -1.12. The van der Waals surface area contributed by atoms with E-state index in [1.54, 1.807) is 12.1 Å². The molecule has 1 atom stereocenters. The monoisotopic (exact) mass is 301 g/mol. The number of carbonyl (C=O) groups excluding carboxylic acids is 1. The highest BCUT2D eigenvalue weighted by molar-refractivity contribution is 7.99. The van der Waals surface area contributed by atoms with Crippen molar-refractivity contribution in [3.05, 3.63) is 35.6 Å². The van der Waals surface area contributed by atoms with Gasteiger partial charge in [-0.25, -0.2) is 9.18 Å². The number of hydrogen-bond acceptors (Lipinski definition) is 4. The first-order chi connectivity index (χ1) is 9.52. The second kappa shape index (κ2) is 8.55. The van der Waals surface area contributed by atoms with Gasteiger partial charge in [0.2, 0.25) is 5.91 Å². The Hall–Kier alpha value is -1.60. The summed E-state index contributed by atoms with van der Waals surface area (Å²) in [5.74, 6) is -0.892. The van der Waals surface area contributed by atoms with Crippen LogP contribution in [0.5, 0.6) is 0 Å². The number of carboxylic acids is 1. The lowest BCUT2D eigenvalue weighted by Crippen LogP contribution is -2.38. The number of thioether (sulfide) groups is 1. The molecule has 0 aliphatic carbocycles. The van der Waals surface area contributed by atoms with Crippen molar-refractivity contribution in [3.8, 4) is 0 Å². The number of carboxylic acid groups (broad SMARTS) is 1. The summed E-state index contributed by atoms with van der Waals surface area (Å²) in [4.78, 5) is 22.1. The Balaban J connectivity index is 2.23. The molecule has 1 aromatic rings. The van der Waals surface area contributed by atoms with E-state index >= 15 is 0 Å². The van der Waals surface area contributed by atoms with E-state index in [1.807, 2.05) is 0 Å². The average Bonchev–Trinajstić information content (AvgIpc) is 2.41. The number of carbonyl (C=O) groups is 2. The quantitative estimate of drug-likeness (QED) is 0.756. The summed E-state index contributed by atoms with van der Waals surface area (Å²) in [5.41, 5.74) is 0.921. The molecule has 5 nitrogen and oxygen atoms in total. The molecular weight excluding hydrogens is 285 g/mol. The molecule has 20 heavy (non-hydrogen) atoms. The Bertz CT molecular complexity index is 452. The summed E-state index contributed by atoms with van der Waals surface area (Å²) < 4.78 is 17.4. The molecule has 0 fully saturated rings. The van der Waals surface area contributed by atoms with E-state index in [4.69, 9.17) is 9.84 Å². The molecule has 0 saturated heterocycles. The van der Waals surface area contributed by atoms with Crippen molar-refractivity contribution in [1.82, 2.24) is 5.32 Å². The largest absolute Gasteiger partial charge is 0.479 e. The Kier molecular flexibility index (Phi) is 7.03. The zero-order valence-corrected chi connectivity index (χ0v) is 11.8. The van der Waals surface area contributed by atoms with Gasteiger partial charge in [0.1, 0.15) is 5.82 Å². The maximum atomic E-state index is 12.7. The van der Waals surface area contributed by atoms with Crippen LogP contribution in [0.2, 0.25) is 0 Å². The van der Waals surface area contributed by atoms with E-state index < -0.39 is 12.1 Å². The van der Waals surface area contributed by atoms with E-state index in [1.165, 1.54) is 31.0 Å². The third-order valence-corrected chi connectivity index (χ3v) is 3.46.